The van der Waals surface area contributed by atoms with Crippen molar-refractivity contribution >= 4 is 17.5 Å². The Labute approximate surface area is 118 Å². The molecule has 4 nitrogen and oxygen atoms in total. The van der Waals surface area contributed by atoms with E-state index in [9.17, 15) is 9.90 Å². The maximum atomic E-state index is 12.4. The monoisotopic (exact) mass is 282 g/mol. The Morgan fingerprint density at radius 3 is 3.05 bits per heavy atom. The van der Waals surface area contributed by atoms with Crippen molar-refractivity contribution in [2.45, 2.75) is 19.3 Å². The highest BCUT2D eigenvalue weighted by Crippen LogP contribution is 2.26. The number of phenols is 1. The van der Waals surface area contributed by atoms with E-state index in [4.69, 9.17) is 17.3 Å². The molecule has 19 heavy (non-hydrogen) atoms. The van der Waals surface area contributed by atoms with Crippen molar-refractivity contribution < 1.29 is 9.90 Å². The van der Waals surface area contributed by atoms with E-state index >= 15 is 0 Å². The van der Waals surface area contributed by atoms with Gasteiger partial charge in [0.2, 0.25) is 0 Å². The van der Waals surface area contributed by atoms with Crippen LogP contribution in [0.2, 0.25) is 5.02 Å². The van der Waals surface area contributed by atoms with Crippen LogP contribution in [-0.4, -0.2) is 35.5 Å². The number of hydrogen-bond acceptors (Lipinski definition) is 3. The number of phenolic OH excluding ortho intramolecular Hbond substituents is 1. The summed E-state index contributed by atoms with van der Waals surface area (Å²) in [7, 11) is 0. The quantitative estimate of drug-likeness (QED) is 0.893. The van der Waals surface area contributed by atoms with Gasteiger partial charge in [-0.15, -0.1) is 0 Å². The Balaban J connectivity index is 2.12. The van der Waals surface area contributed by atoms with E-state index in [0.29, 0.717) is 23.0 Å². The lowest BCUT2D eigenvalue weighted by atomic mass is 9.94. The average molecular weight is 283 g/mol. The smallest absolute Gasteiger partial charge is 0.255 e. The van der Waals surface area contributed by atoms with Gasteiger partial charge in [0, 0.05) is 13.1 Å². The van der Waals surface area contributed by atoms with Crippen molar-refractivity contribution in [3.05, 3.63) is 28.8 Å². The van der Waals surface area contributed by atoms with Crippen LogP contribution in [-0.2, 0) is 0 Å². The lowest BCUT2D eigenvalue weighted by molar-refractivity contribution is 0.0669. The van der Waals surface area contributed by atoms with Crippen LogP contribution in [0.1, 0.15) is 29.6 Å². The second-order valence-electron chi connectivity index (χ2n) is 5.00. The SMILES string of the molecule is NCCC1CCCN(C(=O)c2cc(O)ccc2Cl)C1. The molecular formula is C14H19ClN2O2. The van der Waals surface area contributed by atoms with E-state index in [1.165, 1.54) is 12.1 Å². The van der Waals surface area contributed by atoms with E-state index < -0.39 is 0 Å². The summed E-state index contributed by atoms with van der Waals surface area (Å²) in [6.45, 7) is 2.12. The molecule has 1 aliphatic rings. The maximum Gasteiger partial charge on any atom is 0.255 e. The molecule has 1 heterocycles. The molecule has 1 aromatic carbocycles. The molecule has 2 rings (SSSR count). The number of nitrogens with zero attached hydrogens (tertiary/aromatic N) is 1. The Morgan fingerprint density at radius 1 is 1.53 bits per heavy atom. The predicted octanol–water partition coefficient (Wildman–Crippen LogP) is 2.25. The first kappa shape index (κ1) is 14.2. The van der Waals surface area contributed by atoms with Crippen molar-refractivity contribution in [2.24, 2.45) is 11.7 Å². The van der Waals surface area contributed by atoms with Gasteiger partial charge in [0.1, 0.15) is 5.75 Å². The van der Waals surface area contributed by atoms with Gasteiger partial charge in [0.05, 0.1) is 10.6 Å². The highest BCUT2D eigenvalue weighted by molar-refractivity contribution is 6.33. The number of carbonyl (C=O) groups is 1. The van der Waals surface area contributed by atoms with Crippen LogP contribution in [0.3, 0.4) is 0 Å². The maximum absolute atomic E-state index is 12.4. The summed E-state index contributed by atoms with van der Waals surface area (Å²) in [4.78, 5) is 14.2. The molecule has 0 aliphatic carbocycles. The summed E-state index contributed by atoms with van der Waals surface area (Å²) < 4.78 is 0. The van der Waals surface area contributed by atoms with Crippen molar-refractivity contribution in [3.8, 4) is 5.75 Å². The number of likely N-dealkylation sites (tertiary alicyclic amines) is 1. The topological polar surface area (TPSA) is 66.6 Å². The van der Waals surface area contributed by atoms with Crippen molar-refractivity contribution in [1.82, 2.24) is 4.90 Å². The summed E-state index contributed by atoms with van der Waals surface area (Å²) in [5.41, 5.74) is 5.95. The zero-order chi connectivity index (χ0) is 13.8. The number of halogens is 1. The van der Waals surface area contributed by atoms with Crippen LogP contribution >= 0.6 is 11.6 Å². The van der Waals surface area contributed by atoms with Gasteiger partial charge < -0.3 is 15.7 Å². The van der Waals surface area contributed by atoms with Gasteiger partial charge in [-0.3, -0.25) is 4.79 Å². The highest BCUT2D eigenvalue weighted by Gasteiger charge is 2.25. The molecule has 1 aliphatic heterocycles. The van der Waals surface area contributed by atoms with Gasteiger partial charge in [0.15, 0.2) is 0 Å². The van der Waals surface area contributed by atoms with Gasteiger partial charge in [-0.2, -0.15) is 0 Å². The molecule has 1 aromatic rings. The molecule has 0 saturated carbocycles. The molecule has 0 radical (unpaired) electrons. The zero-order valence-corrected chi connectivity index (χ0v) is 11.6. The summed E-state index contributed by atoms with van der Waals surface area (Å²) in [6, 6.07) is 4.45. The van der Waals surface area contributed by atoms with E-state index in [1.807, 2.05) is 4.90 Å². The van der Waals surface area contributed by atoms with Gasteiger partial charge in [-0.25, -0.2) is 0 Å². The third-order valence-corrected chi connectivity index (χ3v) is 3.89. The third-order valence-electron chi connectivity index (χ3n) is 3.56. The van der Waals surface area contributed by atoms with Crippen LogP contribution in [0.5, 0.6) is 5.75 Å². The Bertz CT molecular complexity index is 463. The molecule has 1 unspecified atom stereocenters. The van der Waals surface area contributed by atoms with Crippen LogP contribution in [0.4, 0.5) is 0 Å². The molecule has 0 spiro atoms. The summed E-state index contributed by atoms with van der Waals surface area (Å²) >= 11 is 6.03. The first-order valence-electron chi connectivity index (χ1n) is 6.59. The van der Waals surface area contributed by atoms with Crippen LogP contribution in [0, 0.1) is 5.92 Å². The summed E-state index contributed by atoms with van der Waals surface area (Å²) in [5, 5.41) is 9.85. The number of benzene rings is 1. The first-order valence-corrected chi connectivity index (χ1v) is 6.97. The molecule has 1 atom stereocenters. The fraction of sp³-hybridized carbons (Fsp3) is 0.500. The standard InChI is InChI=1S/C14H19ClN2O2/c15-13-4-3-11(18)8-12(13)14(19)17-7-1-2-10(9-17)5-6-16/h3-4,8,10,18H,1-2,5-7,9,16H2. The molecule has 1 amide bonds. The van der Waals surface area contributed by atoms with E-state index in [0.717, 1.165) is 32.4 Å². The van der Waals surface area contributed by atoms with Crippen molar-refractivity contribution in [2.75, 3.05) is 19.6 Å². The molecule has 5 heteroatoms. The Kier molecular flexibility index (Phi) is 4.66. The normalized spacial score (nSPS) is 19.5. The zero-order valence-electron chi connectivity index (χ0n) is 10.8. The minimum Gasteiger partial charge on any atom is -0.508 e. The fourth-order valence-corrected chi connectivity index (χ4v) is 2.77. The number of rotatable bonds is 3. The first-order chi connectivity index (χ1) is 9.11. The molecule has 104 valence electrons. The lowest BCUT2D eigenvalue weighted by Gasteiger charge is -2.33. The van der Waals surface area contributed by atoms with Gasteiger partial charge in [-0.05, 0) is 49.9 Å². The molecular weight excluding hydrogens is 264 g/mol. The molecule has 3 N–H and O–H groups in total. The highest BCUT2D eigenvalue weighted by atomic mass is 35.5. The Morgan fingerprint density at radius 2 is 2.32 bits per heavy atom. The molecule has 0 aromatic heterocycles. The molecule has 0 bridgehead atoms. The van der Waals surface area contributed by atoms with Gasteiger partial charge in [0.25, 0.3) is 5.91 Å². The number of hydrogen-bond donors (Lipinski definition) is 2. The Hall–Kier alpha value is -1.26. The minimum atomic E-state index is -0.109. The molecule has 1 saturated heterocycles. The van der Waals surface area contributed by atoms with Gasteiger partial charge in [-0.1, -0.05) is 11.6 Å². The average Bonchev–Trinajstić information content (AvgIpc) is 2.41. The van der Waals surface area contributed by atoms with Gasteiger partial charge >= 0.3 is 0 Å². The summed E-state index contributed by atoms with van der Waals surface area (Å²) in [6.07, 6.45) is 3.05. The summed E-state index contributed by atoms with van der Waals surface area (Å²) in [5.74, 6) is 0.421. The van der Waals surface area contributed by atoms with E-state index in [2.05, 4.69) is 0 Å². The predicted molar refractivity (Wildman–Crippen MR) is 75.4 cm³/mol. The second-order valence-corrected chi connectivity index (χ2v) is 5.41. The number of piperidine rings is 1. The largest absolute Gasteiger partial charge is 0.508 e. The van der Waals surface area contributed by atoms with Crippen LogP contribution in [0.15, 0.2) is 18.2 Å². The lowest BCUT2D eigenvalue weighted by Crippen LogP contribution is -2.40. The number of amides is 1. The van der Waals surface area contributed by atoms with Crippen molar-refractivity contribution in [3.63, 3.8) is 0 Å². The minimum absolute atomic E-state index is 0.0586. The van der Waals surface area contributed by atoms with Crippen LogP contribution in [0.25, 0.3) is 0 Å². The number of nitrogens with two attached hydrogens (primary N) is 1. The second kappa shape index (κ2) is 6.26. The van der Waals surface area contributed by atoms with E-state index in [1.54, 1.807) is 6.07 Å². The van der Waals surface area contributed by atoms with Crippen molar-refractivity contribution in [1.29, 1.82) is 0 Å². The van der Waals surface area contributed by atoms with Crippen LogP contribution < -0.4 is 5.73 Å². The third kappa shape index (κ3) is 3.39. The number of aromatic hydroxyl groups is 1. The molecule has 1 fully saturated rings. The number of carbonyl (C=O) groups excluding carboxylic acids is 1. The fourth-order valence-electron chi connectivity index (χ4n) is 2.57. The van der Waals surface area contributed by atoms with E-state index in [-0.39, 0.29) is 11.7 Å².